The lowest BCUT2D eigenvalue weighted by Crippen LogP contribution is -2.56. The summed E-state index contributed by atoms with van der Waals surface area (Å²) in [4.78, 5) is 32.5. The van der Waals surface area contributed by atoms with E-state index in [1.165, 1.54) is 10.5 Å². The molecule has 3 amide bonds. The van der Waals surface area contributed by atoms with Crippen LogP contribution < -0.4 is 4.74 Å². The van der Waals surface area contributed by atoms with Gasteiger partial charge in [0.2, 0.25) is 0 Å². The molecule has 2 fully saturated rings. The molecule has 2 aromatic carbocycles. The highest BCUT2D eigenvalue weighted by atomic mass is 16.5. The Balaban J connectivity index is 1.48. The number of carbonyl (C=O) groups is 2. The minimum Gasteiger partial charge on any atom is -0.497 e. The van der Waals surface area contributed by atoms with Crippen LogP contribution in [0.1, 0.15) is 24.0 Å². The fraction of sp³-hybridized carbons (Fsp3) is 0.462. The first-order valence-corrected chi connectivity index (χ1v) is 11.6. The van der Waals surface area contributed by atoms with Crippen molar-refractivity contribution in [2.75, 3.05) is 47.0 Å². The number of ether oxygens (including phenoxy) is 2. The van der Waals surface area contributed by atoms with Crippen LogP contribution in [-0.4, -0.2) is 79.2 Å². The van der Waals surface area contributed by atoms with Crippen LogP contribution in [0.5, 0.6) is 5.75 Å². The first-order chi connectivity index (χ1) is 16.1. The van der Waals surface area contributed by atoms with Crippen LogP contribution in [-0.2, 0) is 22.5 Å². The lowest BCUT2D eigenvalue weighted by Gasteiger charge is -2.42. The van der Waals surface area contributed by atoms with E-state index in [1.54, 1.807) is 14.2 Å². The summed E-state index contributed by atoms with van der Waals surface area (Å²) >= 11 is 0. The van der Waals surface area contributed by atoms with Crippen molar-refractivity contribution in [2.24, 2.45) is 0 Å². The number of rotatable bonds is 9. The van der Waals surface area contributed by atoms with Crippen LogP contribution in [0.25, 0.3) is 0 Å². The van der Waals surface area contributed by atoms with Crippen LogP contribution in [0.4, 0.5) is 4.79 Å². The molecule has 0 N–H and O–H groups in total. The van der Waals surface area contributed by atoms with E-state index in [0.29, 0.717) is 39.0 Å². The minimum absolute atomic E-state index is 0.0707. The van der Waals surface area contributed by atoms with Gasteiger partial charge in [0.15, 0.2) is 0 Å². The standard InChI is InChI=1S/C26H33N3O4/c1-32-19-18-28-24(30)26(13-16-27(17-14-26)20-22-6-4-3-5-7-22)29(25(28)31)15-12-21-8-10-23(33-2)11-9-21/h3-11H,12-20H2,1-2H3. The number of nitrogens with zero attached hydrogens (tertiary/aromatic N) is 3. The Labute approximate surface area is 195 Å². The van der Waals surface area contributed by atoms with Crippen molar-refractivity contribution >= 4 is 11.9 Å². The van der Waals surface area contributed by atoms with Gasteiger partial charge in [0, 0.05) is 33.3 Å². The largest absolute Gasteiger partial charge is 0.497 e. The predicted octanol–water partition coefficient (Wildman–Crippen LogP) is 3.18. The number of amides is 3. The molecule has 2 aliphatic heterocycles. The second-order valence-corrected chi connectivity index (χ2v) is 8.78. The number of urea groups is 1. The molecule has 33 heavy (non-hydrogen) atoms. The molecule has 4 rings (SSSR count). The number of likely N-dealkylation sites (tertiary alicyclic amines) is 1. The maximum atomic E-state index is 13.5. The Bertz CT molecular complexity index is 940. The van der Waals surface area contributed by atoms with E-state index in [1.807, 2.05) is 35.2 Å². The zero-order valence-electron chi connectivity index (χ0n) is 19.5. The molecule has 0 aromatic heterocycles. The molecular formula is C26H33N3O4. The number of carbonyl (C=O) groups excluding carboxylic acids is 2. The number of hydrogen-bond acceptors (Lipinski definition) is 5. The molecule has 7 nitrogen and oxygen atoms in total. The quantitative estimate of drug-likeness (QED) is 0.548. The van der Waals surface area contributed by atoms with Crippen molar-refractivity contribution in [3.63, 3.8) is 0 Å². The summed E-state index contributed by atoms with van der Waals surface area (Å²) in [5.41, 5.74) is 1.62. The minimum atomic E-state index is -0.759. The van der Waals surface area contributed by atoms with Crippen LogP contribution in [0.3, 0.4) is 0 Å². The lowest BCUT2D eigenvalue weighted by atomic mass is 9.85. The summed E-state index contributed by atoms with van der Waals surface area (Å²) in [7, 11) is 3.23. The van der Waals surface area contributed by atoms with E-state index in [4.69, 9.17) is 9.47 Å². The van der Waals surface area contributed by atoms with Crippen molar-refractivity contribution in [3.8, 4) is 5.75 Å². The van der Waals surface area contributed by atoms with Crippen molar-refractivity contribution in [3.05, 3.63) is 65.7 Å². The second-order valence-electron chi connectivity index (χ2n) is 8.78. The van der Waals surface area contributed by atoms with Crippen LogP contribution >= 0.6 is 0 Å². The topological polar surface area (TPSA) is 62.3 Å². The number of hydrogen-bond donors (Lipinski definition) is 0. The zero-order valence-corrected chi connectivity index (χ0v) is 19.5. The Hall–Kier alpha value is -2.90. The van der Waals surface area contributed by atoms with Crippen molar-refractivity contribution < 1.29 is 19.1 Å². The molecule has 0 unspecified atom stereocenters. The van der Waals surface area contributed by atoms with E-state index in [2.05, 4.69) is 29.2 Å². The van der Waals surface area contributed by atoms with Crippen molar-refractivity contribution in [1.29, 1.82) is 0 Å². The Morgan fingerprint density at radius 1 is 0.879 bits per heavy atom. The van der Waals surface area contributed by atoms with Gasteiger partial charge in [0.1, 0.15) is 11.3 Å². The van der Waals surface area contributed by atoms with E-state index < -0.39 is 5.54 Å². The van der Waals surface area contributed by atoms with E-state index in [9.17, 15) is 9.59 Å². The number of imide groups is 1. The Morgan fingerprint density at radius 2 is 1.58 bits per heavy atom. The molecule has 1 spiro atoms. The third-order valence-corrected chi connectivity index (χ3v) is 6.86. The molecule has 2 aromatic rings. The molecule has 0 aliphatic carbocycles. The van der Waals surface area contributed by atoms with Gasteiger partial charge in [0.05, 0.1) is 20.3 Å². The van der Waals surface area contributed by atoms with Crippen LogP contribution in [0.2, 0.25) is 0 Å². The highest BCUT2D eigenvalue weighted by Gasteiger charge is 2.57. The van der Waals surface area contributed by atoms with Gasteiger partial charge >= 0.3 is 6.03 Å². The third-order valence-electron chi connectivity index (χ3n) is 6.86. The monoisotopic (exact) mass is 451 g/mol. The smallest absolute Gasteiger partial charge is 0.327 e. The normalized spacial score (nSPS) is 18.4. The number of benzene rings is 2. The average Bonchev–Trinajstić information content (AvgIpc) is 3.04. The summed E-state index contributed by atoms with van der Waals surface area (Å²) in [6, 6.07) is 18.1. The lowest BCUT2D eigenvalue weighted by molar-refractivity contribution is -0.136. The molecular weight excluding hydrogens is 418 g/mol. The van der Waals surface area contributed by atoms with Crippen LogP contribution in [0.15, 0.2) is 54.6 Å². The summed E-state index contributed by atoms with van der Waals surface area (Å²) in [6.45, 7) is 3.58. The maximum Gasteiger partial charge on any atom is 0.327 e. The molecule has 176 valence electrons. The van der Waals surface area contributed by atoms with Gasteiger partial charge in [-0.25, -0.2) is 4.79 Å². The SMILES string of the molecule is COCCN1C(=O)N(CCc2ccc(OC)cc2)C2(CCN(Cc3ccccc3)CC2)C1=O. The summed E-state index contributed by atoms with van der Waals surface area (Å²) in [5, 5.41) is 0. The molecule has 2 saturated heterocycles. The summed E-state index contributed by atoms with van der Waals surface area (Å²) < 4.78 is 10.4. The fourth-order valence-electron chi connectivity index (χ4n) is 4.91. The molecule has 7 heteroatoms. The highest BCUT2D eigenvalue weighted by molar-refractivity contribution is 6.07. The molecule has 0 bridgehead atoms. The van der Waals surface area contributed by atoms with E-state index >= 15 is 0 Å². The predicted molar refractivity (Wildman–Crippen MR) is 126 cm³/mol. The summed E-state index contributed by atoms with van der Waals surface area (Å²) in [6.07, 6.45) is 1.99. The van der Waals surface area contributed by atoms with E-state index in [-0.39, 0.29) is 11.9 Å². The summed E-state index contributed by atoms with van der Waals surface area (Å²) in [5.74, 6) is 0.734. The first kappa shape index (κ1) is 23.3. The molecule has 0 atom stereocenters. The van der Waals surface area contributed by atoms with Gasteiger partial charge < -0.3 is 14.4 Å². The van der Waals surface area contributed by atoms with E-state index in [0.717, 1.165) is 30.9 Å². The van der Waals surface area contributed by atoms with Gasteiger partial charge in [0.25, 0.3) is 5.91 Å². The molecule has 0 saturated carbocycles. The number of methoxy groups -OCH3 is 2. The Morgan fingerprint density at radius 3 is 2.21 bits per heavy atom. The zero-order chi connectivity index (χ0) is 23.3. The molecule has 2 aliphatic rings. The molecule has 0 radical (unpaired) electrons. The van der Waals surface area contributed by atoms with Gasteiger partial charge in [-0.05, 0) is 42.5 Å². The van der Waals surface area contributed by atoms with Crippen LogP contribution in [0, 0.1) is 0 Å². The maximum absolute atomic E-state index is 13.5. The highest BCUT2D eigenvalue weighted by Crippen LogP contribution is 2.37. The van der Waals surface area contributed by atoms with Gasteiger partial charge in [-0.2, -0.15) is 0 Å². The molecule has 2 heterocycles. The van der Waals surface area contributed by atoms with Gasteiger partial charge in [-0.15, -0.1) is 0 Å². The number of piperidine rings is 1. The van der Waals surface area contributed by atoms with Gasteiger partial charge in [-0.3, -0.25) is 14.6 Å². The first-order valence-electron chi connectivity index (χ1n) is 11.6. The second kappa shape index (κ2) is 10.4. The van der Waals surface area contributed by atoms with Crippen molar-refractivity contribution in [1.82, 2.24) is 14.7 Å². The van der Waals surface area contributed by atoms with Crippen molar-refractivity contribution in [2.45, 2.75) is 31.3 Å². The third kappa shape index (κ3) is 4.89. The Kier molecular flexibility index (Phi) is 7.30. The fourth-order valence-corrected chi connectivity index (χ4v) is 4.91. The van der Waals surface area contributed by atoms with Gasteiger partial charge in [-0.1, -0.05) is 42.5 Å². The average molecular weight is 452 g/mol.